The normalized spacial score (nSPS) is 10.4. The topological polar surface area (TPSA) is 54.9 Å². The van der Waals surface area contributed by atoms with E-state index in [9.17, 15) is 4.79 Å². The molecule has 0 saturated heterocycles. The molecule has 0 aliphatic carbocycles. The van der Waals surface area contributed by atoms with Crippen LogP contribution in [0.15, 0.2) is 72.0 Å². The van der Waals surface area contributed by atoms with E-state index < -0.39 is 0 Å². The van der Waals surface area contributed by atoms with E-state index in [1.54, 1.807) is 42.7 Å². The molecule has 24 heavy (non-hydrogen) atoms. The molecule has 1 aromatic carbocycles. The number of hydrogen-bond donors (Lipinski definition) is 1. The zero-order valence-corrected chi connectivity index (χ0v) is 14.2. The van der Waals surface area contributed by atoms with Gasteiger partial charge in [-0.3, -0.25) is 9.78 Å². The molecule has 0 bridgehead atoms. The molecule has 3 rings (SSSR count). The van der Waals surface area contributed by atoms with Gasteiger partial charge in [-0.2, -0.15) is 0 Å². The van der Waals surface area contributed by atoms with Crippen molar-refractivity contribution in [2.75, 3.05) is 5.32 Å². The van der Waals surface area contributed by atoms with E-state index in [0.717, 1.165) is 10.7 Å². The van der Waals surface area contributed by atoms with Gasteiger partial charge in [0, 0.05) is 18.1 Å². The average Bonchev–Trinajstić information content (AvgIpc) is 2.62. The largest absolute Gasteiger partial charge is 0.320 e. The third kappa shape index (κ3) is 4.13. The van der Waals surface area contributed by atoms with Crippen LogP contribution >= 0.6 is 23.4 Å². The highest BCUT2D eigenvalue weighted by Crippen LogP contribution is 2.28. The van der Waals surface area contributed by atoms with Crippen LogP contribution in [-0.4, -0.2) is 15.9 Å². The number of benzene rings is 1. The molecule has 0 radical (unpaired) electrons. The summed E-state index contributed by atoms with van der Waals surface area (Å²) in [5.74, 6) is 0.417. The first kappa shape index (κ1) is 16.5. The van der Waals surface area contributed by atoms with Gasteiger partial charge in [0.25, 0.3) is 5.91 Å². The third-order valence-electron chi connectivity index (χ3n) is 3.22. The van der Waals surface area contributed by atoms with Crippen LogP contribution in [0.1, 0.15) is 16.1 Å². The van der Waals surface area contributed by atoms with Crippen LogP contribution in [0.2, 0.25) is 5.02 Å². The molecule has 1 amide bonds. The lowest BCUT2D eigenvalue weighted by atomic mass is 10.2. The lowest BCUT2D eigenvalue weighted by Crippen LogP contribution is -2.13. The second-order valence-electron chi connectivity index (χ2n) is 4.90. The third-order valence-corrected chi connectivity index (χ3v) is 4.59. The van der Waals surface area contributed by atoms with Crippen LogP contribution in [0.25, 0.3) is 0 Å². The van der Waals surface area contributed by atoms with Crippen molar-refractivity contribution in [3.05, 3.63) is 83.3 Å². The SMILES string of the molecule is O=C(Nc1cccnc1SCc1ccccn1)c1ccccc1Cl. The minimum atomic E-state index is -0.256. The first-order valence-corrected chi connectivity index (χ1v) is 8.64. The van der Waals surface area contributed by atoms with Crippen LogP contribution in [0, 0.1) is 0 Å². The number of thioether (sulfide) groups is 1. The number of rotatable bonds is 5. The molecule has 0 saturated carbocycles. The van der Waals surface area contributed by atoms with E-state index >= 15 is 0 Å². The zero-order valence-electron chi connectivity index (χ0n) is 12.6. The van der Waals surface area contributed by atoms with Gasteiger partial charge in [-0.25, -0.2) is 4.98 Å². The number of aromatic nitrogens is 2. The summed E-state index contributed by atoms with van der Waals surface area (Å²) in [6.45, 7) is 0. The van der Waals surface area contributed by atoms with Crippen molar-refractivity contribution in [2.45, 2.75) is 10.8 Å². The number of halogens is 1. The Morgan fingerprint density at radius 3 is 2.58 bits per heavy atom. The molecule has 0 unspecified atom stereocenters. The molecule has 0 spiro atoms. The molecular formula is C18H14ClN3OS. The van der Waals surface area contributed by atoms with E-state index in [1.807, 2.05) is 24.3 Å². The number of nitrogens with one attached hydrogen (secondary N) is 1. The van der Waals surface area contributed by atoms with Crippen molar-refractivity contribution >= 4 is 35.0 Å². The number of carbonyl (C=O) groups is 1. The minimum Gasteiger partial charge on any atom is -0.320 e. The quantitative estimate of drug-likeness (QED) is 0.675. The van der Waals surface area contributed by atoms with Gasteiger partial charge in [-0.05, 0) is 36.4 Å². The number of pyridine rings is 2. The van der Waals surface area contributed by atoms with E-state index in [4.69, 9.17) is 11.6 Å². The second kappa shape index (κ2) is 7.95. The number of nitrogens with zero attached hydrogens (tertiary/aromatic N) is 2. The van der Waals surface area contributed by atoms with Gasteiger partial charge < -0.3 is 5.32 Å². The van der Waals surface area contributed by atoms with E-state index in [1.165, 1.54) is 11.8 Å². The summed E-state index contributed by atoms with van der Waals surface area (Å²) in [7, 11) is 0. The first-order chi connectivity index (χ1) is 11.7. The van der Waals surface area contributed by atoms with Crippen molar-refractivity contribution in [3.8, 4) is 0 Å². The number of hydrogen-bond acceptors (Lipinski definition) is 4. The lowest BCUT2D eigenvalue weighted by Gasteiger charge is -2.10. The molecule has 4 nitrogen and oxygen atoms in total. The molecule has 2 heterocycles. The van der Waals surface area contributed by atoms with Gasteiger partial charge in [-0.1, -0.05) is 41.6 Å². The molecular weight excluding hydrogens is 342 g/mol. The summed E-state index contributed by atoms with van der Waals surface area (Å²) in [6, 6.07) is 16.3. The molecule has 0 aliphatic heterocycles. The van der Waals surface area contributed by atoms with Crippen LogP contribution in [0.5, 0.6) is 0 Å². The molecule has 0 fully saturated rings. The summed E-state index contributed by atoms with van der Waals surface area (Å²) < 4.78 is 0. The maximum Gasteiger partial charge on any atom is 0.257 e. The number of amides is 1. The molecule has 2 aromatic heterocycles. The minimum absolute atomic E-state index is 0.256. The fourth-order valence-electron chi connectivity index (χ4n) is 2.06. The summed E-state index contributed by atoms with van der Waals surface area (Å²) in [6.07, 6.45) is 3.46. The Morgan fingerprint density at radius 2 is 1.79 bits per heavy atom. The Hall–Kier alpha value is -2.37. The highest BCUT2D eigenvalue weighted by atomic mass is 35.5. The maximum absolute atomic E-state index is 12.4. The Bertz CT molecular complexity index is 842. The predicted octanol–water partition coefficient (Wildman–Crippen LogP) is 4.67. The van der Waals surface area contributed by atoms with Gasteiger partial charge in [0.2, 0.25) is 0 Å². The Morgan fingerprint density at radius 1 is 1.00 bits per heavy atom. The monoisotopic (exact) mass is 355 g/mol. The van der Waals surface area contributed by atoms with Crippen molar-refractivity contribution < 1.29 is 4.79 Å². The highest BCUT2D eigenvalue weighted by molar-refractivity contribution is 7.98. The summed E-state index contributed by atoms with van der Waals surface area (Å²) >= 11 is 7.60. The Labute approximate surface area is 149 Å². The maximum atomic E-state index is 12.4. The van der Waals surface area contributed by atoms with Gasteiger partial charge in [0.1, 0.15) is 5.03 Å². The van der Waals surface area contributed by atoms with E-state index in [0.29, 0.717) is 22.0 Å². The van der Waals surface area contributed by atoms with Gasteiger partial charge in [0.05, 0.1) is 22.0 Å². The molecule has 1 N–H and O–H groups in total. The smallest absolute Gasteiger partial charge is 0.257 e. The lowest BCUT2D eigenvalue weighted by molar-refractivity contribution is 0.102. The standard InChI is InChI=1S/C18H14ClN3OS/c19-15-8-2-1-7-14(15)17(23)22-16-9-5-11-21-18(16)24-12-13-6-3-4-10-20-13/h1-11H,12H2,(H,22,23). The van der Waals surface area contributed by atoms with Crippen molar-refractivity contribution in [1.82, 2.24) is 9.97 Å². The summed E-state index contributed by atoms with van der Waals surface area (Å²) in [5, 5.41) is 4.03. The van der Waals surface area contributed by atoms with Crippen LogP contribution in [0.3, 0.4) is 0 Å². The fourth-order valence-corrected chi connectivity index (χ4v) is 3.15. The molecule has 0 atom stereocenters. The number of anilines is 1. The molecule has 6 heteroatoms. The second-order valence-corrected chi connectivity index (χ2v) is 6.27. The van der Waals surface area contributed by atoms with Gasteiger partial charge >= 0.3 is 0 Å². The fraction of sp³-hybridized carbons (Fsp3) is 0.0556. The summed E-state index contributed by atoms with van der Waals surface area (Å²) in [5.41, 5.74) is 2.04. The van der Waals surface area contributed by atoms with E-state index in [-0.39, 0.29) is 5.91 Å². The van der Waals surface area contributed by atoms with Crippen molar-refractivity contribution in [1.29, 1.82) is 0 Å². The Kier molecular flexibility index (Phi) is 5.46. The van der Waals surface area contributed by atoms with Crippen LogP contribution in [0.4, 0.5) is 5.69 Å². The van der Waals surface area contributed by atoms with Crippen LogP contribution < -0.4 is 5.32 Å². The highest BCUT2D eigenvalue weighted by Gasteiger charge is 2.13. The zero-order chi connectivity index (χ0) is 16.8. The van der Waals surface area contributed by atoms with Gasteiger partial charge in [-0.15, -0.1) is 0 Å². The molecule has 120 valence electrons. The van der Waals surface area contributed by atoms with E-state index in [2.05, 4.69) is 15.3 Å². The first-order valence-electron chi connectivity index (χ1n) is 7.27. The number of carbonyl (C=O) groups excluding carboxylic acids is 1. The predicted molar refractivity (Wildman–Crippen MR) is 97.4 cm³/mol. The molecule has 3 aromatic rings. The van der Waals surface area contributed by atoms with Crippen molar-refractivity contribution in [2.24, 2.45) is 0 Å². The van der Waals surface area contributed by atoms with Crippen LogP contribution in [-0.2, 0) is 5.75 Å². The van der Waals surface area contributed by atoms with Gasteiger partial charge in [0.15, 0.2) is 0 Å². The molecule has 0 aliphatic rings. The average molecular weight is 356 g/mol. The summed E-state index contributed by atoms with van der Waals surface area (Å²) in [4.78, 5) is 21.1. The Balaban J connectivity index is 1.74. The van der Waals surface area contributed by atoms with Crippen molar-refractivity contribution in [3.63, 3.8) is 0 Å².